The Bertz CT molecular complexity index is 722. The molecular formula is C16H15BrClN3O2. The second kappa shape index (κ2) is 8.55. The molecule has 2 rings (SSSR count). The van der Waals surface area contributed by atoms with Gasteiger partial charge in [0, 0.05) is 15.2 Å². The number of halogens is 2. The number of methoxy groups -OCH3 is 1. The molecule has 0 spiro atoms. The van der Waals surface area contributed by atoms with E-state index in [1.165, 1.54) is 0 Å². The van der Waals surface area contributed by atoms with E-state index in [1.807, 2.05) is 24.3 Å². The van der Waals surface area contributed by atoms with Crippen molar-refractivity contribution in [3.8, 4) is 5.75 Å². The molecule has 23 heavy (non-hydrogen) atoms. The molecule has 2 N–H and O–H groups in total. The number of hydrogen-bond donors (Lipinski definition) is 2. The van der Waals surface area contributed by atoms with Gasteiger partial charge in [0.2, 0.25) is 0 Å². The second-order valence-corrected chi connectivity index (χ2v) is 5.84. The van der Waals surface area contributed by atoms with E-state index in [-0.39, 0.29) is 12.5 Å². The van der Waals surface area contributed by atoms with Gasteiger partial charge in [0.25, 0.3) is 5.91 Å². The lowest BCUT2D eigenvalue weighted by Gasteiger charge is -2.07. The van der Waals surface area contributed by atoms with Crippen molar-refractivity contribution in [2.24, 2.45) is 5.10 Å². The fourth-order valence-electron chi connectivity index (χ4n) is 1.75. The van der Waals surface area contributed by atoms with Gasteiger partial charge in [0.1, 0.15) is 5.75 Å². The van der Waals surface area contributed by atoms with E-state index in [0.717, 1.165) is 21.5 Å². The topological polar surface area (TPSA) is 62.7 Å². The molecule has 0 saturated carbocycles. The predicted octanol–water partition coefficient (Wildman–Crippen LogP) is 3.67. The maximum Gasteiger partial charge on any atom is 0.259 e. The van der Waals surface area contributed by atoms with Crippen molar-refractivity contribution in [1.29, 1.82) is 0 Å². The van der Waals surface area contributed by atoms with Crippen LogP contribution in [0.3, 0.4) is 0 Å². The maximum atomic E-state index is 11.8. The highest BCUT2D eigenvalue weighted by atomic mass is 79.9. The van der Waals surface area contributed by atoms with Crippen molar-refractivity contribution >= 4 is 45.3 Å². The number of nitrogens with one attached hydrogen (secondary N) is 2. The number of hydrogen-bond acceptors (Lipinski definition) is 4. The molecule has 0 aliphatic rings. The fourth-order valence-corrected chi connectivity index (χ4v) is 2.57. The Hall–Kier alpha value is -2.05. The minimum atomic E-state index is -0.258. The highest BCUT2D eigenvalue weighted by Gasteiger charge is 2.03. The van der Waals surface area contributed by atoms with Gasteiger partial charge in [-0.15, -0.1) is 0 Å². The average molecular weight is 397 g/mol. The average Bonchev–Trinajstić information content (AvgIpc) is 2.54. The Labute approximate surface area is 147 Å². The Morgan fingerprint density at radius 2 is 2.17 bits per heavy atom. The molecule has 0 atom stereocenters. The first kappa shape index (κ1) is 17.3. The Balaban J connectivity index is 1.83. The van der Waals surface area contributed by atoms with Gasteiger partial charge in [-0.2, -0.15) is 5.10 Å². The smallest absolute Gasteiger partial charge is 0.259 e. The van der Waals surface area contributed by atoms with Crippen LogP contribution in [0.5, 0.6) is 5.75 Å². The van der Waals surface area contributed by atoms with E-state index in [1.54, 1.807) is 31.5 Å². The summed E-state index contributed by atoms with van der Waals surface area (Å²) in [5.74, 6) is 0.473. The van der Waals surface area contributed by atoms with E-state index in [9.17, 15) is 4.79 Å². The normalized spacial score (nSPS) is 10.6. The van der Waals surface area contributed by atoms with Gasteiger partial charge >= 0.3 is 0 Å². The number of nitrogens with zero attached hydrogens (tertiary/aromatic N) is 1. The summed E-state index contributed by atoms with van der Waals surface area (Å²) < 4.78 is 5.91. The molecule has 7 heteroatoms. The number of amides is 1. The quantitative estimate of drug-likeness (QED) is 0.578. The lowest BCUT2D eigenvalue weighted by molar-refractivity contribution is -0.119. The van der Waals surface area contributed by atoms with Crippen molar-refractivity contribution in [2.45, 2.75) is 0 Å². The van der Waals surface area contributed by atoms with Gasteiger partial charge in [0.05, 0.1) is 19.9 Å². The first-order chi connectivity index (χ1) is 11.1. The minimum Gasteiger partial charge on any atom is -0.497 e. The van der Waals surface area contributed by atoms with Gasteiger partial charge in [-0.1, -0.05) is 23.7 Å². The van der Waals surface area contributed by atoms with Crippen molar-refractivity contribution in [2.75, 3.05) is 19.0 Å². The van der Waals surface area contributed by atoms with Crippen molar-refractivity contribution in [1.82, 2.24) is 5.43 Å². The van der Waals surface area contributed by atoms with E-state index >= 15 is 0 Å². The van der Waals surface area contributed by atoms with Crippen LogP contribution in [0.2, 0.25) is 5.02 Å². The van der Waals surface area contributed by atoms with Crippen LogP contribution in [0, 0.1) is 0 Å². The molecule has 0 aliphatic heterocycles. The maximum absolute atomic E-state index is 11.8. The SMILES string of the molecule is COc1cccc(/C=N/NC(=O)CNc2ccc(Cl)cc2Br)c1. The standard InChI is InChI=1S/C16H15BrClN3O2/c1-23-13-4-2-3-11(7-13)9-20-21-16(22)10-19-15-6-5-12(18)8-14(15)17/h2-9,19H,10H2,1H3,(H,21,22)/b20-9+. The van der Waals surface area contributed by atoms with E-state index in [2.05, 4.69) is 31.8 Å². The summed E-state index contributed by atoms with van der Waals surface area (Å²) in [6.45, 7) is 0.0929. The second-order valence-electron chi connectivity index (χ2n) is 4.55. The third kappa shape index (κ3) is 5.58. The number of hydrazone groups is 1. The van der Waals surface area contributed by atoms with Crippen LogP contribution in [0.15, 0.2) is 52.0 Å². The van der Waals surface area contributed by atoms with Crippen molar-refractivity contribution in [3.05, 3.63) is 57.5 Å². The largest absolute Gasteiger partial charge is 0.497 e. The van der Waals surface area contributed by atoms with Crippen LogP contribution < -0.4 is 15.5 Å². The summed E-state index contributed by atoms with van der Waals surface area (Å²) in [7, 11) is 1.60. The summed E-state index contributed by atoms with van der Waals surface area (Å²) in [4.78, 5) is 11.8. The van der Waals surface area contributed by atoms with Crippen LogP contribution in [-0.4, -0.2) is 25.8 Å². The van der Waals surface area contributed by atoms with Gasteiger partial charge in [-0.05, 0) is 51.8 Å². The Kier molecular flexibility index (Phi) is 6.43. The van der Waals surface area contributed by atoms with Crippen LogP contribution >= 0.6 is 27.5 Å². The van der Waals surface area contributed by atoms with Crippen LogP contribution in [0.4, 0.5) is 5.69 Å². The zero-order valence-corrected chi connectivity index (χ0v) is 14.7. The molecule has 0 aliphatic carbocycles. The molecule has 5 nitrogen and oxygen atoms in total. The molecule has 0 saturated heterocycles. The highest BCUT2D eigenvalue weighted by Crippen LogP contribution is 2.25. The number of carbonyl (C=O) groups is 1. The molecule has 0 fully saturated rings. The van der Waals surface area contributed by atoms with Gasteiger partial charge in [0.15, 0.2) is 0 Å². The zero-order chi connectivity index (χ0) is 16.7. The summed E-state index contributed by atoms with van der Waals surface area (Å²) in [6.07, 6.45) is 1.55. The van der Waals surface area contributed by atoms with Crippen LogP contribution in [0.25, 0.3) is 0 Å². The van der Waals surface area contributed by atoms with E-state index in [0.29, 0.717) is 5.02 Å². The molecule has 0 unspecified atom stereocenters. The third-order valence-corrected chi connectivity index (χ3v) is 3.76. The number of rotatable bonds is 6. The molecule has 1 amide bonds. The molecule has 0 aromatic heterocycles. The van der Waals surface area contributed by atoms with Crippen molar-refractivity contribution < 1.29 is 9.53 Å². The first-order valence-corrected chi connectivity index (χ1v) is 7.90. The van der Waals surface area contributed by atoms with Gasteiger partial charge in [-0.3, -0.25) is 4.79 Å². The number of ether oxygens (including phenoxy) is 1. The highest BCUT2D eigenvalue weighted by molar-refractivity contribution is 9.10. The first-order valence-electron chi connectivity index (χ1n) is 6.73. The number of benzene rings is 2. The van der Waals surface area contributed by atoms with E-state index in [4.69, 9.17) is 16.3 Å². The molecule has 120 valence electrons. The summed E-state index contributed by atoms with van der Waals surface area (Å²) >= 11 is 9.24. The minimum absolute atomic E-state index is 0.0929. The predicted molar refractivity (Wildman–Crippen MR) is 96.4 cm³/mol. The molecule has 2 aromatic rings. The molecule has 0 radical (unpaired) electrons. The van der Waals surface area contributed by atoms with E-state index < -0.39 is 0 Å². The summed E-state index contributed by atoms with van der Waals surface area (Å²) in [5.41, 5.74) is 4.07. The van der Waals surface area contributed by atoms with Crippen molar-refractivity contribution in [3.63, 3.8) is 0 Å². The zero-order valence-electron chi connectivity index (χ0n) is 12.3. The molecular weight excluding hydrogens is 382 g/mol. The summed E-state index contributed by atoms with van der Waals surface area (Å²) in [6, 6.07) is 12.7. The Morgan fingerprint density at radius 3 is 2.91 bits per heavy atom. The van der Waals surface area contributed by atoms with Crippen LogP contribution in [0.1, 0.15) is 5.56 Å². The molecule has 0 heterocycles. The van der Waals surface area contributed by atoms with Crippen LogP contribution in [-0.2, 0) is 4.79 Å². The number of anilines is 1. The Morgan fingerprint density at radius 1 is 1.35 bits per heavy atom. The molecule has 0 bridgehead atoms. The fraction of sp³-hybridized carbons (Fsp3) is 0.125. The van der Waals surface area contributed by atoms with Gasteiger partial charge in [-0.25, -0.2) is 5.43 Å². The van der Waals surface area contributed by atoms with Gasteiger partial charge < -0.3 is 10.1 Å². The summed E-state index contributed by atoms with van der Waals surface area (Å²) in [5, 5.41) is 7.53. The number of carbonyl (C=O) groups excluding carboxylic acids is 1. The molecule has 2 aromatic carbocycles. The third-order valence-electron chi connectivity index (χ3n) is 2.87. The monoisotopic (exact) mass is 395 g/mol. The lowest BCUT2D eigenvalue weighted by atomic mass is 10.2. The lowest BCUT2D eigenvalue weighted by Crippen LogP contribution is -2.26.